The number of aryl methyl sites for hydroxylation is 2. The van der Waals surface area contributed by atoms with Crippen molar-refractivity contribution in [1.82, 2.24) is 14.7 Å². The Bertz CT molecular complexity index is 1290. The second-order valence-corrected chi connectivity index (χ2v) is 9.98. The minimum absolute atomic E-state index is 0.0404. The number of anilines is 1. The molecule has 0 bridgehead atoms. The van der Waals surface area contributed by atoms with Crippen molar-refractivity contribution >= 4 is 29.0 Å². The SMILES string of the molecule is Cc1ccc(-n2nc(C)c(-c3ccccc3)c2NC(=O)CN(CC(C)C)C(=O)c2cccs2)cc1. The van der Waals surface area contributed by atoms with Crippen LogP contribution >= 0.6 is 11.3 Å². The Hall–Kier alpha value is -3.71. The first-order valence-electron chi connectivity index (χ1n) is 11.7. The molecule has 1 N–H and O–H groups in total. The number of hydrogen-bond donors (Lipinski definition) is 1. The number of carbonyl (C=O) groups is 2. The highest BCUT2D eigenvalue weighted by Gasteiger charge is 2.24. The Balaban J connectivity index is 1.69. The van der Waals surface area contributed by atoms with Crippen LogP contribution in [0.3, 0.4) is 0 Å². The first-order chi connectivity index (χ1) is 16.8. The average Bonchev–Trinajstić information content (AvgIpc) is 3.47. The fourth-order valence-corrected chi connectivity index (χ4v) is 4.72. The maximum atomic E-state index is 13.4. The van der Waals surface area contributed by atoms with Gasteiger partial charge in [0.25, 0.3) is 5.91 Å². The Morgan fingerprint density at radius 2 is 1.71 bits per heavy atom. The minimum Gasteiger partial charge on any atom is -0.328 e. The van der Waals surface area contributed by atoms with Crippen molar-refractivity contribution in [3.8, 4) is 16.8 Å². The van der Waals surface area contributed by atoms with Crippen LogP contribution in [0.4, 0.5) is 5.82 Å². The fraction of sp³-hybridized carbons (Fsp3) is 0.250. The normalized spacial score (nSPS) is 11.0. The van der Waals surface area contributed by atoms with Gasteiger partial charge in [-0.1, -0.05) is 67.9 Å². The first-order valence-corrected chi connectivity index (χ1v) is 12.6. The Morgan fingerprint density at radius 1 is 1.00 bits per heavy atom. The Labute approximate surface area is 210 Å². The van der Waals surface area contributed by atoms with Gasteiger partial charge in [0, 0.05) is 12.1 Å². The quantitative estimate of drug-likeness (QED) is 0.334. The van der Waals surface area contributed by atoms with Crippen LogP contribution in [-0.4, -0.2) is 39.6 Å². The number of nitrogens with zero attached hydrogens (tertiary/aromatic N) is 3. The van der Waals surface area contributed by atoms with E-state index in [1.54, 1.807) is 15.6 Å². The molecule has 4 aromatic rings. The van der Waals surface area contributed by atoms with Crippen molar-refractivity contribution in [3.63, 3.8) is 0 Å². The van der Waals surface area contributed by atoms with Crippen molar-refractivity contribution < 1.29 is 9.59 Å². The molecule has 0 aliphatic heterocycles. The molecule has 0 aliphatic carbocycles. The van der Waals surface area contributed by atoms with Crippen LogP contribution in [0.25, 0.3) is 16.8 Å². The number of thiophene rings is 1. The van der Waals surface area contributed by atoms with Crippen molar-refractivity contribution in [2.45, 2.75) is 27.7 Å². The zero-order chi connectivity index (χ0) is 24.9. The van der Waals surface area contributed by atoms with E-state index in [-0.39, 0.29) is 24.3 Å². The van der Waals surface area contributed by atoms with Crippen LogP contribution in [0, 0.1) is 19.8 Å². The molecule has 6 nitrogen and oxygen atoms in total. The van der Waals surface area contributed by atoms with E-state index in [4.69, 9.17) is 5.10 Å². The summed E-state index contributed by atoms with van der Waals surface area (Å²) in [7, 11) is 0. The van der Waals surface area contributed by atoms with Crippen LogP contribution in [0.5, 0.6) is 0 Å². The van der Waals surface area contributed by atoms with E-state index in [2.05, 4.69) is 5.32 Å². The average molecular weight is 487 g/mol. The summed E-state index contributed by atoms with van der Waals surface area (Å²) in [5.41, 5.74) is 4.63. The molecule has 0 radical (unpaired) electrons. The van der Waals surface area contributed by atoms with Crippen molar-refractivity contribution in [3.05, 3.63) is 88.2 Å². The lowest BCUT2D eigenvalue weighted by Crippen LogP contribution is -2.40. The fourth-order valence-electron chi connectivity index (χ4n) is 4.03. The van der Waals surface area contributed by atoms with Crippen molar-refractivity contribution in [1.29, 1.82) is 0 Å². The molecule has 0 aliphatic rings. The van der Waals surface area contributed by atoms with Crippen LogP contribution < -0.4 is 5.32 Å². The van der Waals surface area contributed by atoms with E-state index >= 15 is 0 Å². The molecular formula is C28H30N4O2S. The second kappa shape index (κ2) is 10.7. The molecule has 0 saturated carbocycles. The monoisotopic (exact) mass is 486 g/mol. The van der Waals surface area contributed by atoms with Gasteiger partial charge in [0.05, 0.1) is 16.3 Å². The summed E-state index contributed by atoms with van der Waals surface area (Å²) in [5.74, 6) is 0.430. The molecule has 0 unspecified atom stereocenters. The number of hydrogen-bond acceptors (Lipinski definition) is 4. The summed E-state index contributed by atoms with van der Waals surface area (Å²) in [6.07, 6.45) is 0. The van der Waals surface area contributed by atoms with Gasteiger partial charge in [-0.05, 0) is 48.9 Å². The summed E-state index contributed by atoms with van der Waals surface area (Å²) < 4.78 is 1.77. The number of nitrogens with one attached hydrogen (secondary N) is 1. The first kappa shape index (κ1) is 24.4. The summed E-state index contributed by atoms with van der Waals surface area (Å²) in [4.78, 5) is 28.7. The number of rotatable bonds is 8. The number of carbonyl (C=O) groups excluding carboxylic acids is 2. The van der Waals surface area contributed by atoms with E-state index in [1.807, 2.05) is 93.7 Å². The van der Waals surface area contributed by atoms with Gasteiger partial charge in [0.15, 0.2) is 0 Å². The molecule has 0 spiro atoms. The van der Waals surface area contributed by atoms with Gasteiger partial charge in [0.1, 0.15) is 12.4 Å². The van der Waals surface area contributed by atoms with Gasteiger partial charge in [-0.2, -0.15) is 5.10 Å². The molecule has 7 heteroatoms. The lowest BCUT2D eigenvalue weighted by molar-refractivity contribution is -0.117. The predicted molar refractivity (Wildman–Crippen MR) is 142 cm³/mol. The lowest BCUT2D eigenvalue weighted by Gasteiger charge is -2.24. The van der Waals surface area contributed by atoms with Crippen molar-refractivity contribution in [2.24, 2.45) is 5.92 Å². The summed E-state index contributed by atoms with van der Waals surface area (Å²) in [6, 6.07) is 21.5. The molecule has 2 aromatic carbocycles. The van der Waals surface area contributed by atoms with Gasteiger partial charge < -0.3 is 10.2 Å². The molecule has 0 saturated heterocycles. The Morgan fingerprint density at radius 3 is 2.34 bits per heavy atom. The summed E-state index contributed by atoms with van der Waals surface area (Å²) in [5, 5.41) is 9.72. The van der Waals surface area contributed by atoms with Gasteiger partial charge in [-0.15, -0.1) is 11.3 Å². The van der Waals surface area contributed by atoms with Crippen molar-refractivity contribution in [2.75, 3.05) is 18.4 Å². The predicted octanol–water partition coefficient (Wildman–Crippen LogP) is 5.95. The molecule has 35 heavy (non-hydrogen) atoms. The van der Waals surface area contributed by atoms with E-state index < -0.39 is 0 Å². The standard InChI is InChI=1S/C28H30N4O2S/c1-19(2)17-31(28(34)24-11-8-16-35-24)18-25(33)29-27-26(22-9-6-5-7-10-22)21(4)30-32(27)23-14-12-20(3)13-15-23/h5-16,19H,17-18H2,1-4H3,(H,29,33). The van der Waals surface area contributed by atoms with Gasteiger partial charge in [-0.25, -0.2) is 4.68 Å². The largest absolute Gasteiger partial charge is 0.328 e. The van der Waals surface area contributed by atoms with Crippen LogP contribution in [-0.2, 0) is 4.79 Å². The topological polar surface area (TPSA) is 67.2 Å². The molecule has 0 fully saturated rings. The zero-order valence-electron chi connectivity index (χ0n) is 20.5. The molecule has 4 rings (SSSR count). The molecule has 2 heterocycles. The second-order valence-electron chi connectivity index (χ2n) is 9.03. The summed E-state index contributed by atoms with van der Waals surface area (Å²) >= 11 is 1.38. The molecule has 0 atom stereocenters. The van der Waals surface area contributed by atoms with Crippen LogP contribution in [0.2, 0.25) is 0 Å². The van der Waals surface area contributed by atoms with Gasteiger partial charge in [-0.3, -0.25) is 9.59 Å². The highest BCUT2D eigenvalue weighted by Crippen LogP contribution is 2.33. The third kappa shape index (κ3) is 5.69. The molecule has 2 amide bonds. The zero-order valence-corrected chi connectivity index (χ0v) is 21.3. The van der Waals surface area contributed by atoms with E-state index in [0.29, 0.717) is 17.2 Å². The van der Waals surface area contributed by atoms with Crippen LogP contribution in [0.15, 0.2) is 72.1 Å². The Kier molecular flexibility index (Phi) is 7.46. The molecule has 2 aromatic heterocycles. The molecule has 180 valence electrons. The van der Waals surface area contributed by atoms with E-state index in [0.717, 1.165) is 28.1 Å². The number of amides is 2. The van der Waals surface area contributed by atoms with E-state index in [1.165, 1.54) is 11.3 Å². The lowest BCUT2D eigenvalue weighted by atomic mass is 10.1. The maximum Gasteiger partial charge on any atom is 0.264 e. The third-order valence-electron chi connectivity index (χ3n) is 5.60. The number of benzene rings is 2. The number of aromatic nitrogens is 2. The maximum absolute atomic E-state index is 13.4. The highest BCUT2D eigenvalue weighted by atomic mass is 32.1. The van der Waals surface area contributed by atoms with Gasteiger partial charge >= 0.3 is 0 Å². The van der Waals surface area contributed by atoms with Gasteiger partial charge in [0.2, 0.25) is 5.91 Å². The van der Waals surface area contributed by atoms with E-state index in [9.17, 15) is 9.59 Å². The smallest absolute Gasteiger partial charge is 0.264 e. The highest BCUT2D eigenvalue weighted by molar-refractivity contribution is 7.12. The molecular weight excluding hydrogens is 456 g/mol. The minimum atomic E-state index is -0.263. The van der Waals surface area contributed by atoms with Crippen LogP contribution in [0.1, 0.15) is 34.8 Å². The summed E-state index contributed by atoms with van der Waals surface area (Å²) in [6.45, 7) is 8.50. The third-order valence-corrected chi connectivity index (χ3v) is 6.46.